The molecular formula is C17H19N3O2S. The molecule has 1 saturated heterocycles. The van der Waals surface area contributed by atoms with Crippen LogP contribution in [-0.2, 0) is 0 Å². The fourth-order valence-electron chi connectivity index (χ4n) is 2.76. The third-order valence-corrected chi connectivity index (χ3v) is 4.94. The van der Waals surface area contributed by atoms with Crippen molar-refractivity contribution >= 4 is 28.8 Å². The number of benzene rings is 1. The van der Waals surface area contributed by atoms with Gasteiger partial charge in [0, 0.05) is 24.3 Å². The van der Waals surface area contributed by atoms with Crippen LogP contribution in [0.4, 0.5) is 5.69 Å². The first kappa shape index (κ1) is 15.7. The number of aryl methyl sites for hydroxylation is 2. The van der Waals surface area contributed by atoms with Crippen molar-refractivity contribution < 1.29 is 9.59 Å². The Morgan fingerprint density at radius 3 is 2.61 bits per heavy atom. The zero-order chi connectivity index (χ0) is 16.4. The van der Waals surface area contributed by atoms with E-state index in [4.69, 9.17) is 0 Å². The van der Waals surface area contributed by atoms with Crippen LogP contribution in [0.25, 0.3) is 0 Å². The average molecular weight is 329 g/mol. The van der Waals surface area contributed by atoms with E-state index in [1.807, 2.05) is 18.7 Å². The van der Waals surface area contributed by atoms with Crippen LogP contribution in [-0.4, -0.2) is 34.8 Å². The van der Waals surface area contributed by atoms with Gasteiger partial charge in [0.2, 0.25) is 0 Å². The van der Waals surface area contributed by atoms with Gasteiger partial charge in [-0.15, -0.1) is 11.3 Å². The molecule has 120 valence electrons. The van der Waals surface area contributed by atoms with Gasteiger partial charge in [-0.3, -0.25) is 9.59 Å². The van der Waals surface area contributed by atoms with E-state index < -0.39 is 0 Å². The number of nitrogens with one attached hydrogen (secondary N) is 1. The Kier molecular flexibility index (Phi) is 4.43. The van der Waals surface area contributed by atoms with Crippen molar-refractivity contribution in [2.45, 2.75) is 26.7 Å². The van der Waals surface area contributed by atoms with E-state index in [2.05, 4.69) is 10.3 Å². The predicted molar refractivity (Wildman–Crippen MR) is 91.1 cm³/mol. The summed E-state index contributed by atoms with van der Waals surface area (Å²) in [6.07, 6.45) is 2.12. The standard InChI is InChI=1S/C17H19N3O2S/c1-11-15(23-12(2)18-11)16(21)19-14-7-5-6-13(10-14)17(22)20-8-3-4-9-20/h5-7,10H,3-4,8-9H2,1-2H3,(H,19,21). The first-order valence-corrected chi connectivity index (χ1v) is 8.51. The monoisotopic (exact) mass is 329 g/mol. The van der Waals surface area contributed by atoms with E-state index in [9.17, 15) is 9.59 Å². The maximum Gasteiger partial charge on any atom is 0.267 e. The summed E-state index contributed by atoms with van der Waals surface area (Å²) in [5.41, 5.74) is 1.97. The van der Waals surface area contributed by atoms with Gasteiger partial charge >= 0.3 is 0 Å². The van der Waals surface area contributed by atoms with Crippen molar-refractivity contribution in [1.29, 1.82) is 0 Å². The average Bonchev–Trinajstić information content (AvgIpc) is 3.16. The number of rotatable bonds is 3. The van der Waals surface area contributed by atoms with Gasteiger partial charge in [0.05, 0.1) is 10.7 Å². The van der Waals surface area contributed by atoms with E-state index in [-0.39, 0.29) is 11.8 Å². The number of aromatic nitrogens is 1. The number of carbonyl (C=O) groups excluding carboxylic acids is 2. The van der Waals surface area contributed by atoms with Crippen molar-refractivity contribution in [3.05, 3.63) is 45.4 Å². The second kappa shape index (κ2) is 6.50. The van der Waals surface area contributed by atoms with Gasteiger partial charge in [0.15, 0.2) is 0 Å². The molecule has 1 fully saturated rings. The maximum atomic E-state index is 12.4. The summed E-state index contributed by atoms with van der Waals surface area (Å²) in [6.45, 7) is 5.33. The van der Waals surface area contributed by atoms with Gasteiger partial charge < -0.3 is 10.2 Å². The number of amides is 2. The minimum atomic E-state index is -0.182. The Hall–Kier alpha value is -2.21. The molecule has 0 spiro atoms. The zero-order valence-electron chi connectivity index (χ0n) is 13.3. The van der Waals surface area contributed by atoms with Gasteiger partial charge in [-0.1, -0.05) is 6.07 Å². The molecule has 2 heterocycles. The Morgan fingerprint density at radius 1 is 1.22 bits per heavy atom. The second-order valence-electron chi connectivity index (χ2n) is 5.68. The molecule has 2 amide bonds. The largest absolute Gasteiger partial charge is 0.339 e. The molecule has 1 aliphatic heterocycles. The summed E-state index contributed by atoms with van der Waals surface area (Å²) in [5, 5.41) is 3.73. The minimum Gasteiger partial charge on any atom is -0.339 e. The van der Waals surface area contributed by atoms with Crippen molar-refractivity contribution in [3.8, 4) is 0 Å². The SMILES string of the molecule is Cc1nc(C)c(C(=O)Nc2cccc(C(=O)N3CCCC3)c2)s1. The van der Waals surface area contributed by atoms with Crippen molar-refractivity contribution in [2.75, 3.05) is 18.4 Å². The van der Waals surface area contributed by atoms with E-state index in [1.165, 1.54) is 11.3 Å². The molecule has 0 aliphatic carbocycles. The molecular weight excluding hydrogens is 310 g/mol. The molecule has 0 bridgehead atoms. The Labute approximate surface area is 139 Å². The molecule has 1 aliphatic rings. The van der Waals surface area contributed by atoms with Crippen LogP contribution in [0.3, 0.4) is 0 Å². The van der Waals surface area contributed by atoms with Gasteiger partial charge in [-0.25, -0.2) is 4.98 Å². The fraction of sp³-hybridized carbons (Fsp3) is 0.353. The molecule has 6 heteroatoms. The highest BCUT2D eigenvalue weighted by Gasteiger charge is 2.20. The Morgan fingerprint density at radius 2 is 1.96 bits per heavy atom. The molecule has 0 radical (unpaired) electrons. The predicted octanol–water partition coefficient (Wildman–Crippen LogP) is 3.25. The van der Waals surface area contributed by atoms with Gasteiger partial charge in [-0.2, -0.15) is 0 Å². The number of thiazole rings is 1. The van der Waals surface area contributed by atoms with E-state index in [1.54, 1.807) is 24.3 Å². The summed E-state index contributed by atoms with van der Waals surface area (Å²) >= 11 is 1.37. The Bertz CT molecular complexity index is 748. The van der Waals surface area contributed by atoms with Crippen LogP contribution in [0.2, 0.25) is 0 Å². The van der Waals surface area contributed by atoms with Crippen molar-refractivity contribution in [3.63, 3.8) is 0 Å². The molecule has 0 saturated carbocycles. The highest BCUT2D eigenvalue weighted by atomic mass is 32.1. The Balaban J connectivity index is 1.76. The normalized spacial score (nSPS) is 14.1. The van der Waals surface area contributed by atoms with Crippen molar-refractivity contribution in [1.82, 2.24) is 9.88 Å². The molecule has 5 nitrogen and oxygen atoms in total. The molecule has 1 N–H and O–H groups in total. The smallest absolute Gasteiger partial charge is 0.267 e. The van der Waals surface area contributed by atoms with Crippen LogP contribution >= 0.6 is 11.3 Å². The van der Waals surface area contributed by atoms with Crippen molar-refractivity contribution in [2.24, 2.45) is 0 Å². The number of anilines is 1. The summed E-state index contributed by atoms with van der Waals surface area (Å²) in [7, 11) is 0. The molecule has 23 heavy (non-hydrogen) atoms. The molecule has 1 aromatic heterocycles. The lowest BCUT2D eigenvalue weighted by Gasteiger charge is -2.15. The number of hydrogen-bond donors (Lipinski definition) is 1. The third kappa shape index (κ3) is 3.42. The molecule has 3 rings (SSSR count). The van der Waals surface area contributed by atoms with Crippen LogP contribution in [0.1, 0.15) is 43.6 Å². The van der Waals surface area contributed by atoms with Crippen LogP contribution in [0, 0.1) is 13.8 Å². The third-order valence-electron chi connectivity index (χ3n) is 3.87. The molecule has 1 aromatic carbocycles. The number of hydrogen-bond acceptors (Lipinski definition) is 4. The lowest BCUT2D eigenvalue weighted by atomic mass is 10.1. The molecule has 2 aromatic rings. The number of likely N-dealkylation sites (tertiary alicyclic amines) is 1. The molecule has 0 atom stereocenters. The summed E-state index contributed by atoms with van der Waals surface area (Å²) in [5.74, 6) is -0.151. The minimum absolute atomic E-state index is 0.0309. The first-order chi connectivity index (χ1) is 11.0. The quantitative estimate of drug-likeness (QED) is 0.940. The maximum absolute atomic E-state index is 12.4. The second-order valence-corrected chi connectivity index (χ2v) is 6.88. The number of nitrogens with zero attached hydrogens (tertiary/aromatic N) is 2. The topological polar surface area (TPSA) is 62.3 Å². The zero-order valence-corrected chi connectivity index (χ0v) is 14.1. The lowest BCUT2D eigenvalue weighted by molar-refractivity contribution is 0.0792. The van der Waals surface area contributed by atoms with E-state index in [0.717, 1.165) is 36.6 Å². The molecule has 0 unspecified atom stereocenters. The highest BCUT2D eigenvalue weighted by molar-refractivity contribution is 7.13. The van der Waals surface area contributed by atoms with Gasteiger partial charge in [0.1, 0.15) is 4.88 Å². The fourth-order valence-corrected chi connectivity index (χ4v) is 3.58. The number of carbonyl (C=O) groups is 2. The van der Waals surface area contributed by atoms with Crippen LogP contribution < -0.4 is 5.32 Å². The van der Waals surface area contributed by atoms with Crippen LogP contribution in [0.15, 0.2) is 24.3 Å². The summed E-state index contributed by atoms with van der Waals surface area (Å²) in [4.78, 5) is 31.5. The summed E-state index contributed by atoms with van der Waals surface area (Å²) in [6, 6.07) is 7.12. The highest BCUT2D eigenvalue weighted by Crippen LogP contribution is 2.20. The van der Waals surface area contributed by atoms with Crippen LogP contribution in [0.5, 0.6) is 0 Å². The lowest BCUT2D eigenvalue weighted by Crippen LogP contribution is -2.27. The first-order valence-electron chi connectivity index (χ1n) is 7.69. The van der Waals surface area contributed by atoms with E-state index >= 15 is 0 Å². The van der Waals surface area contributed by atoms with Gasteiger partial charge in [0.25, 0.3) is 11.8 Å². The van der Waals surface area contributed by atoms with E-state index in [0.29, 0.717) is 16.1 Å². The summed E-state index contributed by atoms with van der Waals surface area (Å²) < 4.78 is 0. The van der Waals surface area contributed by atoms with Gasteiger partial charge in [-0.05, 0) is 44.9 Å².